The number of ether oxygens (including phenoxy) is 4. The maximum Gasteiger partial charge on any atom is 0.305 e. The van der Waals surface area contributed by atoms with E-state index in [1.165, 1.54) is 7.11 Å². The first kappa shape index (κ1) is 15.4. The number of hydrogen-bond acceptors (Lipinski definition) is 6. The lowest BCUT2D eigenvalue weighted by atomic mass is 10.1. The fourth-order valence-electron chi connectivity index (χ4n) is 2.12. The van der Waals surface area contributed by atoms with E-state index in [4.69, 9.17) is 14.2 Å². The van der Waals surface area contributed by atoms with Crippen molar-refractivity contribution >= 4 is 5.97 Å². The zero-order valence-electron chi connectivity index (χ0n) is 12.4. The van der Waals surface area contributed by atoms with E-state index in [2.05, 4.69) is 10.1 Å². The quantitative estimate of drug-likeness (QED) is 0.607. The Morgan fingerprint density at radius 3 is 2.86 bits per heavy atom. The lowest BCUT2D eigenvalue weighted by Gasteiger charge is -2.21. The summed E-state index contributed by atoms with van der Waals surface area (Å²) in [6.45, 7) is 2.50. The van der Waals surface area contributed by atoms with Crippen molar-refractivity contribution in [3.63, 3.8) is 0 Å². The van der Waals surface area contributed by atoms with Crippen LogP contribution in [-0.2, 0) is 16.1 Å². The van der Waals surface area contributed by atoms with E-state index in [1.807, 2.05) is 12.1 Å². The van der Waals surface area contributed by atoms with E-state index >= 15 is 0 Å². The number of esters is 1. The molecule has 1 N–H and O–H groups in total. The molecule has 0 aliphatic carbocycles. The molecule has 0 spiro atoms. The van der Waals surface area contributed by atoms with Gasteiger partial charge in [0.25, 0.3) is 0 Å². The molecule has 0 fully saturated rings. The van der Waals surface area contributed by atoms with Gasteiger partial charge in [-0.05, 0) is 30.7 Å². The molecule has 0 amide bonds. The van der Waals surface area contributed by atoms with Gasteiger partial charge in [-0.25, -0.2) is 0 Å². The first-order chi connectivity index (χ1) is 10.2. The van der Waals surface area contributed by atoms with Gasteiger partial charge in [-0.15, -0.1) is 0 Å². The Morgan fingerprint density at radius 1 is 1.29 bits per heavy atom. The summed E-state index contributed by atoms with van der Waals surface area (Å²) in [7, 11) is 3.01. The van der Waals surface area contributed by atoms with Gasteiger partial charge in [0, 0.05) is 13.0 Å². The molecular weight excluding hydrogens is 274 g/mol. The molecule has 0 atom stereocenters. The Kier molecular flexibility index (Phi) is 5.68. The summed E-state index contributed by atoms with van der Waals surface area (Å²) in [5.41, 5.74) is 1.05. The lowest BCUT2D eigenvalue weighted by molar-refractivity contribution is -0.140. The molecule has 0 unspecified atom stereocenters. The molecule has 6 heteroatoms. The maximum atomic E-state index is 11.0. The molecule has 0 bridgehead atoms. The van der Waals surface area contributed by atoms with Gasteiger partial charge >= 0.3 is 5.97 Å². The average Bonchev–Trinajstić information content (AvgIpc) is 2.53. The maximum absolute atomic E-state index is 11.0. The van der Waals surface area contributed by atoms with Gasteiger partial charge in [0.05, 0.1) is 14.2 Å². The van der Waals surface area contributed by atoms with Crippen LogP contribution in [0.5, 0.6) is 17.2 Å². The molecule has 0 saturated carbocycles. The Balaban J connectivity index is 1.87. The van der Waals surface area contributed by atoms with Gasteiger partial charge in [0.1, 0.15) is 13.2 Å². The largest absolute Gasteiger partial charge is 0.493 e. The second-order valence-corrected chi connectivity index (χ2v) is 4.68. The first-order valence-corrected chi connectivity index (χ1v) is 6.98. The summed E-state index contributed by atoms with van der Waals surface area (Å²) < 4.78 is 21.1. The third kappa shape index (κ3) is 4.26. The van der Waals surface area contributed by atoms with E-state index in [0.717, 1.165) is 18.5 Å². The van der Waals surface area contributed by atoms with E-state index in [9.17, 15) is 4.79 Å². The Bertz CT molecular complexity index is 472. The standard InChI is InChI=1S/C15H21NO5/c1-18-12-8-11(9-13-15(12)21-7-6-20-13)10-16-5-3-4-14(17)19-2/h8-9,16H,3-7,10H2,1-2H3. The number of benzene rings is 1. The van der Waals surface area contributed by atoms with Crippen LogP contribution in [-0.4, -0.2) is 39.9 Å². The smallest absolute Gasteiger partial charge is 0.305 e. The van der Waals surface area contributed by atoms with Gasteiger partial charge in [-0.1, -0.05) is 0 Å². The van der Waals surface area contributed by atoms with Crippen molar-refractivity contribution in [2.75, 3.05) is 34.0 Å². The van der Waals surface area contributed by atoms with Crippen LogP contribution in [0.25, 0.3) is 0 Å². The number of rotatable bonds is 7. The van der Waals surface area contributed by atoms with Crippen molar-refractivity contribution in [3.05, 3.63) is 17.7 Å². The van der Waals surface area contributed by atoms with E-state index in [1.54, 1.807) is 7.11 Å². The highest BCUT2D eigenvalue weighted by atomic mass is 16.6. The second-order valence-electron chi connectivity index (χ2n) is 4.68. The minimum absolute atomic E-state index is 0.183. The molecule has 21 heavy (non-hydrogen) atoms. The van der Waals surface area contributed by atoms with Gasteiger partial charge in [-0.2, -0.15) is 0 Å². The highest BCUT2D eigenvalue weighted by Gasteiger charge is 2.18. The fourth-order valence-corrected chi connectivity index (χ4v) is 2.12. The Hall–Kier alpha value is -1.95. The highest BCUT2D eigenvalue weighted by molar-refractivity contribution is 5.69. The van der Waals surface area contributed by atoms with Crippen LogP contribution in [0.3, 0.4) is 0 Å². The molecule has 116 valence electrons. The molecule has 1 aromatic rings. The molecule has 0 saturated heterocycles. The molecule has 1 aliphatic heterocycles. The molecule has 2 rings (SSSR count). The second kappa shape index (κ2) is 7.73. The zero-order valence-corrected chi connectivity index (χ0v) is 12.4. The number of nitrogens with one attached hydrogen (secondary N) is 1. The zero-order chi connectivity index (χ0) is 15.1. The first-order valence-electron chi connectivity index (χ1n) is 6.98. The van der Waals surface area contributed by atoms with Crippen molar-refractivity contribution in [2.24, 2.45) is 0 Å². The van der Waals surface area contributed by atoms with Crippen LogP contribution in [0.15, 0.2) is 12.1 Å². The SMILES string of the molecule is COC(=O)CCCNCc1cc(OC)c2c(c1)OCCO2. The molecule has 1 heterocycles. The third-order valence-corrected chi connectivity index (χ3v) is 3.18. The fraction of sp³-hybridized carbons (Fsp3) is 0.533. The van der Waals surface area contributed by atoms with Gasteiger partial charge in [0.15, 0.2) is 11.5 Å². The monoisotopic (exact) mass is 295 g/mol. The molecule has 0 aromatic heterocycles. The van der Waals surface area contributed by atoms with Crippen molar-refractivity contribution in [3.8, 4) is 17.2 Å². The number of fused-ring (bicyclic) bond motifs is 1. The van der Waals surface area contributed by atoms with Gasteiger partial charge < -0.3 is 24.3 Å². The van der Waals surface area contributed by atoms with E-state index in [0.29, 0.717) is 43.4 Å². The van der Waals surface area contributed by atoms with Crippen molar-refractivity contribution < 1.29 is 23.7 Å². The topological polar surface area (TPSA) is 66.0 Å². The van der Waals surface area contributed by atoms with Gasteiger partial charge in [-0.3, -0.25) is 4.79 Å². The number of hydrogen-bond donors (Lipinski definition) is 1. The normalized spacial score (nSPS) is 12.9. The van der Waals surface area contributed by atoms with Crippen LogP contribution in [0.4, 0.5) is 0 Å². The minimum atomic E-state index is -0.183. The minimum Gasteiger partial charge on any atom is -0.493 e. The van der Waals surface area contributed by atoms with Crippen LogP contribution < -0.4 is 19.5 Å². The van der Waals surface area contributed by atoms with Gasteiger partial charge in [0.2, 0.25) is 5.75 Å². The average molecular weight is 295 g/mol. The molecule has 1 aromatic carbocycles. The summed E-state index contributed by atoms with van der Waals surface area (Å²) in [4.78, 5) is 11.0. The molecule has 1 aliphatic rings. The third-order valence-electron chi connectivity index (χ3n) is 3.18. The number of methoxy groups -OCH3 is 2. The van der Waals surface area contributed by atoms with Crippen LogP contribution >= 0.6 is 0 Å². The number of carbonyl (C=O) groups is 1. The number of carbonyl (C=O) groups excluding carboxylic acids is 1. The van der Waals surface area contributed by atoms with Crippen LogP contribution in [0.2, 0.25) is 0 Å². The summed E-state index contributed by atoms with van der Waals surface area (Å²) >= 11 is 0. The predicted octanol–water partition coefficient (Wildman–Crippen LogP) is 1.51. The van der Waals surface area contributed by atoms with Crippen LogP contribution in [0, 0.1) is 0 Å². The summed E-state index contributed by atoms with van der Waals surface area (Å²) in [6, 6.07) is 3.88. The lowest BCUT2D eigenvalue weighted by Crippen LogP contribution is -2.18. The summed E-state index contributed by atoms with van der Waals surface area (Å²) in [6.07, 6.45) is 1.17. The van der Waals surface area contributed by atoms with Crippen molar-refractivity contribution in [1.29, 1.82) is 0 Å². The van der Waals surface area contributed by atoms with Crippen molar-refractivity contribution in [2.45, 2.75) is 19.4 Å². The molecular formula is C15H21NO5. The molecule has 0 radical (unpaired) electrons. The molecule has 6 nitrogen and oxygen atoms in total. The highest BCUT2D eigenvalue weighted by Crippen LogP contribution is 2.40. The van der Waals surface area contributed by atoms with E-state index in [-0.39, 0.29) is 5.97 Å². The van der Waals surface area contributed by atoms with Crippen molar-refractivity contribution in [1.82, 2.24) is 5.32 Å². The van der Waals surface area contributed by atoms with E-state index < -0.39 is 0 Å². The Labute approximate surface area is 124 Å². The predicted molar refractivity (Wildman–Crippen MR) is 76.9 cm³/mol. The summed E-state index contributed by atoms with van der Waals surface area (Å²) in [5.74, 6) is 1.88. The summed E-state index contributed by atoms with van der Waals surface area (Å²) in [5, 5.41) is 3.28. The van der Waals surface area contributed by atoms with Crippen LogP contribution in [0.1, 0.15) is 18.4 Å². The Morgan fingerprint density at radius 2 is 2.10 bits per heavy atom.